The lowest BCUT2D eigenvalue weighted by Gasteiger charge is -2.26. The van der Waals surface area contributed by atoms with Crippen molar-refractivity contribution in [3.63, 3.8) is 0 Å². The molecule has 2 aliphatic rings. The number of ether oxygens (including phenoxy) is 2. The van der Waals surface area contributed by atoms with E-state index in [0.29, 0.717) is 36.4 Å². The molecule has 7 heteroatoms. The van der Waals surface area contributed by atoms with Gasteiger partial charge in [0.1, 0.15) is 5.75 Å². The highest BCUT2D eigenvalue weighted by Gasteiger charge is 2.22. The van der Waals surface area contributed by atoms with Crippen LogP contribution in [0.5, 0.6) is 5.75 Å². The van der Waals surface area contributed by atoms with Gasteiger partial charge < -0.3 is 25.0 Å². The number of hydrogen-bond donors (Lipinski definition) is 2. The van der Waals surface area contributed by atoms with Crippen molar-refractivity contribution in [2.75, 3.05) is 37.0 Å². The fraction of sp³-hybridized carbons (Fsp3) is 0.579. The van der Waals surface area contributed by atoms with Crippen molar-refractivity contribution in [2.45, 2.75) is 44.6 Å². The Balaban J connectivity index is 1.39. The zero-order valence-electron chi connectivity index (χ0n) is 15.3. The average Bonchev–Trinajstić information content (AvgIpc) is 2.66. The van der Waals surface area contributed by atoms with Crippen molar-refractivity contribution < 1.29 is 19.1 Å². The van der Waals surface area contributed by atoms with E-state index < -0.39 is 0 Å². The van der Waals surface area contributed by atoms with E-state index in [1.807, 2.05) is 0 Å². The lowest BCUT2D eigenvalue weighted by Crippen LogP contribution is -2.35. The number of anilines is 2. The number of carbonyl (C=O) groups excluding carboxylic acids is 2. The van der Waals surface area contributed by atoms with E-state index in [4.69, 9.17) is 9.47 Å². The van der Waals surface area contributed by atoms with Gasteiger partial charge >= 0.3 is 6.03 Å². The normalized spacial score (nSPS) is 17.4. The van der Waals surface area contributed by atoms with Crippen molar-refractivity contribution in [1.82, 2.24) is 5.32 Å². The molecule has 1 aliphatic heterocycles. The SMILES string of the molecule is CN1C(=O)COc2ccc(NC(=O)NCCCOC3CCCCC3)cc21. The molecule has 1 aliphatic carbocycles. The van der Waals surface area contributed by atoms with Crippen LogP contribution in [0.3, 0.4) is 0 Å². The second-order valence-corrected chi connectivity index (χ2v) is 6.79. The quantitative estimate of drug-likeness (QED) is 0.764. The smallest absolute Gasteiger partial charge is 0.319 e. The van der Waals surface area contributed by atoms with Gasteiger partial charge in [-0.05, 0) is 37.5 Å². The molecule has 1 saturated carbocycles. The van der Waals surface area contributed by atoms with E-state index in [-0.39, 0.29) is 18.5 Å². The van der Waals surface area contributed by atoms with Gasteiger partial charge in [-0.3, -0.25) is 4.79 Å². The van der Waals surface area contributed by atoms with Gasteiger partial charge in [-0.2, -0.15) is 0 Å². The van der Waals surface area contributed by atoms with Gasteiger partial charge in [0.05, 0.1) is 11.8 Å². The van der Waals surface area contributed by atoms with Crippen LogP contribution in [0, 0.1) is 0 Å². The van der Waals surface area contributed by atoms with E-state index in [1.165, 1.54) is 24.2 Å². The standard InChI is InChI=1S/C19H27N3O4/c1-22-16-12-14(8-9-17(16)26-13-18(22)23)21-19(24)20-10-5-11-25-15-6-3-2-4-7-15/h8-9,12,15H,2-7,10-11,13H2,1H3,(H2,20,21,24). The topological polar surface area (TPSA) is 79.9 Å². The average molecular weight is 361 g/mol. The van der Waals surface area contributed by atoms with Gasteiger partial charge in [0.2, 0.25) is 0 Å². The highest BCUT2D eigenvalue weighted by molar-refractivity contribution is 5.99. The first kappa shape index (κ1) is 18.5. The number of carbonyl (C=O) groups is 2. The van der Waals surface area contributed by atoms with Crippen molar-refractivity contribution in [3.8, 4) is 5.75 Å². The molecule has 1 heterocycles. The molecule has 0 atom stereocenters. The van der Waals surface area contributed by atoms with Crippen molar-refractivity contribution in [1.29, 1.82) is 0 Å². The minimum absolute atomic E-state index is 0.0414. The molecule has 2 N–H and O–H groups in total. The minimum atomic E-state index is -0.270. The predicted octanol–water partition coefficient (Wildman–Crippen LogP) is 2.90. The summed E-state index contributed by atoms with van der Waals surface area (Å²) in [5.74, 6) is 0.523. The molecule has 0 aromatic heterocycles. The summed E-state index contributed by atoms with van der Waals surface area (Å²) in [4.78, 5) is 25.2. The molecule has 1 fully saturated rings. The first-order valence-corrected chi connectivity index (χ1v) is 9.33. The number of rotatable bonds is 6. The zero-order chi connectivity index (χ0) is 18.4. The largest absolute Gasteiger partial charge is 0.482 e. The molecule has 1 aromatic carbocycles. The van der Waals surface area contributed by atoms with Gasteiger partial charge in [-0.1, -0.05) is 19.3 Å². The van der Waals surface area contributed by atoms with E-state index in [2.05, 4.69) is 10.6 Å². The van der Waals surface area contributed by atoms with Crippen LogP contribution < -0.4 is 20.3 Å². The molecular formula is C19H27N3O4. The van der Waals surface area contributed by atoms with Crippen LogP contribution in [0.15, 0.2) is 18.2 Å². The molecule has 1 aromatic rings. The van der Waals surface area contributed by atoms with Gasteiger partial charge in [0.15, 0.2) is 6.61 Å². The van der Waals surface area contributed by atoms with Gasteiger partial charge in [-0.15, -0.1) is 0 Å². The van der Waals surface area contributed by atoms with E-state index >= 15 is 0 Å². The summed E-state index contributed by atoms with van der Waals surface area (Å²) in [6.07, 6.45) is 7.35. The van der Waals surface area contributed by atoms with E-state index in [9.17, 15) is 9.59 Å². The third-order valence-corrected chi connectivity index (χ3v) is 4.82. The maximum absolute atomic E-state index is 12.0. The number of nitrogens with zero attached hydrogens (tertiary/aromatic N) is 1. The monoisotopic (exact) mass is 361 g/mol. The zero-order valence-corrected chi connectivity index (χ0v) is 15.3. The van der Waals surface area contributed by atoms with Crippen molar-refractivity contribution in [2.24, 2.45) is 0 Å². The highest BCUT2D eigenvalue weighted by Crippen LogP contribution is 2.33. The molecule has 0 radical (unpaired) electrons. The van der Waals surface area contributed by atoms with Crippen molar-refractivity contribution >= 4 is 23.3 Å². The van der Waals surface area contributed by atoms with Gasteiger partial charge in [0, 0.05) is 25.9 Å². The maximum atomic E-state index is 12.0. The molecule has 7 nitrogen and oxygen atoms in total. The summed E-state index contributed by atoms with van der Waals surface area (Å²) in [7, 11) is 1.69. The summed E-state index contributed by atoms with van der Waals surface area (Å²) in [5.41, 5.74) is 1.27. The third kappa shape index (κ3) is 4.88. The van der Waals surface area contributed by atoms with E-state index in [1.54, 1.807) is 25.2 Å². The van der Waals surface area contributed by atoms with Crippen LogP contribution in [0.25, 0.3) is 0 Å². The van der Waals surface area contributed by atoms with Gasteiger partial charge in [0.25, 0.3) is 5.91 Å². The number of fused-ring (bicyclic) bond motifs is 1. The Bertz CT molecular complexity index is 644. The molecule has 3 amide bonds. The summed E-state index contributed by atoms with van der Waals surface area (Å²) >= 11 is 0. The Morgan fingerprint density at radius 1 is 1.31 bits per heavy atom. The molecule has 3 rings (SSSR count). The number of urea groups is 1. The molecule has 142 valence electrons. The lowest BCUT2D eigenvalue weighted by atomic mass is 9.98. The Labute approximate surface area is 154 Å². The van der Waals surface area contributed by atoms with Crippen LogP contribution in [0.1, 0.15) is 38.5 Å². The lowest BCUT2D eigenvalue weighted by molar-refractivity contribution is -0.120. The van der Waals surface area contributed by atoms with E-state index in [0.717, 1.165) is 19.3 Å². The summed E-state index contributed by atoms with van der Waals surface area (Å²) in [6.45, 7) is 1.28. The Hall–Kier alpha value is -2.28. The first-order chi connectivity index (χ1) is 12.6. The number of hydrogen-bond acceptors (Lipinski definition) is 4. The second kappa shape index (κ2) is 8.89. The van der Waals surface area contributed by atoms with Gasteiger partial charge in [-0.25, -0.2) is 4.79 Å². The van der Waals surface area contributed by atoms with Crippen LogP contribution in [-0.4, -0.2) is 44.8 Å². The molecular weight excluding hydrogens is 334 g/mol. The summed E-state index contributed by atoms with van der Waals surface area (Å²) in [5, 5.41) is 5.61. The van der Waals surface area contributed by atoms with Crippen LogP contribution in [0.4, 0.5) is 16.2 Å². The molecule has 0 unspecified atom stereocenters. The van der Waals surface area contributed by atoms with Crippen LogP contribution in [-0.2, 0) is 9.53 Å². The number of likely N-dealkylation sites (N-methyl/N-ethyl adjacent to an activating group) is 1. The fourth-order valence-electron chi connectivity index (χ4n) is 3.28. The maximum Gasteiger partial charge on any atom is 0.319 e. The number of amides is 3. The summed E-state index contributed by atoms with van der Waals surface area (Å²) < 4.78 is 11.2. The van der Waals surface area contributed by atoms with Crippen LogP contribution in [0.2, 0.25) is 0 Å². The predicted molar refractivity (Wildman–Crippen MR) is 99.8 cm³/mol. The Kier molecular flexibility index (Phi) is 6.33. The molecule has 26 heavy (non-hydrogen) atoms. The van der Waals surface area contributed by atoms with Crippen molar-refractivity contribution in [3.05, 3.63) is 18.2 Å². The number of nitrogens with one attached hydrogen (secondary N) is 2. The third-order valence-electron chi connectivity index (χ3n) is 4.82. The molecule has 0 bridgehead atoms. The molecule has 0 saturated heterocycles. The minimum Gasteiger partial charge on any atom is -0.482 e. The van der Waals surface area contributed by atoms with Crippen LogP contribution >= 0.6 is 0 Å². The molecule has 0 spiro atoms. The number of benzene rings is 1. The highest BCUT2D eigenvalue weighted by atomic mass is 16.5. The first-order valence-electron chi connectivity index (χ1n) is 9.33. The second-order valence-electron chi connectivity index (χ2n) is 6.79. The Morgan fingerprint density at radius 2 is 2.12 bits per heavy atom. The fourth-order valence-corrected chi connectivity index (χ4v) is 3.28. The Morgan fingerprint density at radius 3 is 2.92 bits per heavy atom. The summed E-state index contributed by atoms with van der Waals surface area (Å²) in [6, 6.07) is 4.98.